The van der Waals surface area contributed by atoms with Crippen LogP contribution in [0.5, 0.6) is 5.75 Å². The highest BCUT2D eigenvalue weighted by Gasteiger charge is 2.31. The summed E-state index contributed by atoms with van der Waals surface area (Å²) in [4.78, 5) is 11.4. The molecule has 0 aliphatic rings. The van der Waals surface area contributed by atoms with Crippen molar-refractivity contribution in [1.82, 2.24) is 0 Å². The number of hydrogen-bond donors (Lipinski definition) is 1. The standard InChI is InChI=1S/C16H14F3NO3/c1-22-15(21)12-4-2-10(3-5-12)14(20)11-6-8-13(9-7-11)23-16(17,18)19/h2-9,14H,20H2,1H3/t14-/m0/s1. The van der Waals surface area contributed by atoms with Gasteiger partial charge in [0.1, 0.15) is 5.75 Å². The van der Waals surface area contributed by atoms with Crippen molar-refractivity contribution in [3.63, 3.8) is 0 Å². The molecule has 0 unspecified atom stereocenters. The average Bonchev–Trinajstić information content (AvgIpc) is 2.53. The molecule has 0 bridgehead atoms. The van der Waals surface area contributed by atoms with E-state index in [2.05, 4.69) is 9.47 Å². The van der Waals surface area contributed by atoms with Gasteiger partial charge in [0.2, 0.25) is 0 Å². The minimum absolute atomic E-state index is 0.311. The summed E-state index contributed by atoms with van der Waals surface area (Å²) in [6, 6.07) is 11.2. The van der Waals surface area contributed by atoms with Crippen molar-refractivity contribution in [1.29, 1.82) is 0 Å². The number of rotatable bonds is 4. The zero-order valence-corrected chi connectivity index (χ0v) is 12.1. The number of carbonyl (C=O) groups excluding carboxylic acids is 1. The molecule has 4 nitrogen and oxygen atoms in total. The molecule has 0 saturated carbocycles. The largest absolute Gasteiger partial charge is 0.573 e. The molecule has 7 heteroatoms. The number of halogens is 3. The van der Waals surface area contributed by atoms with Crippen molar-refractivity contribution in [3.8, 4) is 5.75 Å². The van der Waals surface area contributed by atoms with Crippen LogP contribution in [-0.4, -0.2) is 19.4 Å². The average molecular weight is 325 g/mol. The highest BCUT2D eigenvalue weighted by Crippen LogP contribution is 2.26. The van der Waals surface area contributed by atoms with Gasteiger partial charge in [-0.3, -0.25) is 0 Å². The van der Waals surface area contributed by atoms with E-state index in [0.29, 0.717) is 16.7 Å². The number of benzene rings is 2. The van der Waals surface area contributed by atoms with E-state index in [4.69, 9.17) is 5.73 Å². The maximum atomic E-state index is 12.1. The second kappa shape index (κ2) is 6.70. The molecule has 1 atom stereocenters. The Morgan fingerprint density at radius 3 is 1.91 bits per heavy atom. The van der Waals surface area contributed by atoms with Gasteiger partial charge in [-0.1, -0.05) is 24.3 Å². The van der Waals surface area contributed by atoms with Gasteiger partial charge in [0.25, 0.3) is 0 Å². The van der Waals surface area contributed by atoms with E-state index in [-0.39, 0.29) is 5.75 Å². The summed E-state index contributed by atoms with van der Waals surface area (Å²) < 4.78 is 44.7. The van der Waals surface area contributed by atoms with Crippen LogP contribution in [0.25, 0.3) is 0 Å². The predicted molar refractivity (Wildman–Crippen MR) is 76.9 cm³/mol. The van der Waals surface area contributed by atoms with Gasteiger partial charge in [-0.15, -0.1) is 13.2 Å². The number of nitrogens with two attached hydrogens (primary N) is 1. The predicted octanol–water partition coefficient (Wildman–Crippen LogP) is 3.42. The van der Waals surface area contributed by atoms with E-state index in [1.807, 2.05) is 0 Å². The lowest BCUT2D eigenvalue weighted by Crippen LogP contribution is -2.17. The fourth-order valence-electron chi connectivity index (χ4n) is 2.01. The monoisotopic (exact) mass is 325 g/mol. The molecule has 0 aliphatic heterocycles. The van der Waals surface area contributed by atoms with Gasteiger partial charge in [-0.25, -0.2) is 4.79 Å². The Bertz CT molecular complexity index is 666. The van der Waals surface area contributed by atoms with Gasteiger partial charge in [0.05, 0.1) is 18.7 Å². The summed E-state index contributed by atoms with van der Waals surface area (Å²) in [5, 5.41) is 0. The van der Waals surface area contributed by atoms with Crippen LogP contribution in [0.3, 0.4) is 0 Å². The van der Waals surface area contributed by atoms with Crippen molar-refractivity contribution in [2.75, 3.05) is 7.11 Å². The summed E-state index contributed by atoms with van der Waals surface area (Å²) in [5.74, 6) is -0.770. The Labute approximate surface area is 130 Å². The lowest BCUT2D eigenvalue weighted by atomic mass is 9.98. The van der Waals surface area contributed by atoms with Gasteiger partial charge >= 0.3 is 12.3 Å². The number of hydrogen-bond acceptors (Lipinski definition) is 4. The van der Waals surface area contributed by atoms with E-state index >= 15 is 0 Å². The van der Waals surface area contributed by atoms with Crippen molar-refractivity contribution in [2.45, 2.75) is 12.4 Å². The number of carbonyl (C=O) groups is 1. The molecular weight excluding hydrogens is 311 g/mol. The smallest absolute Gasteiger partial charge is 0.465 e. The first-order chi connectivity index (χ1) is 10.8. The third-order valence-corrected chi connectivity index (χ3v) is 3.16. The van der Waals surface area contributed by atoms with Gasteiger partial charge in [-0.05, 0) is 35.4 Å². The zero-order valence-electron chi connectivity index (χ0n) is 12.1. The van der Waals surface area contributed by atoms with Crippen LogP contribution < -0.4 is 10.5 Å². The molecular formula is C16H14F3NO3. The quantitative estimate of drug-likeness (QED) is 0.875. The lowest BCUT2D eigenvalue weighted by molar-refractivity contribution is -0.274. The molecule has 0 radical (unpaired) electrons. The van der Waals surface area contributed by atoms with Gasteiger partial charge < -0.3 is 15.2 Å². The summed E-state index contributed by atoms with van der Waals surface area (Å²) in [5.41, 5.74) is 7.79. The summed E-state index contributed by atoms with van der Waals surface area (Å²) >= 11 is 0. The van der Waals surface area contributed by atoms with Crippen molar-refractivity contribution < 1.29 is 27.4 Å². The minimum atomic E-state index is -4.73. The molecule has 0 amide bonds. The van der Waals surface area contributed by atoms with E-state index in [1.165, 1.54) is 31.4 Å². The number of methoxy groups -OCH3 is 1. The fraction of sp³-hybridized carbons (Fsp3) is 0.188. The Hall–Kier alpha value is -2.54. The Morgan fingerprint density at radius 2 is 1.48 bits per heavy atom. The molecule has 2 aromatic rings. The topological polar surface area (TPSA) is 61.5 Å². The van der Waals surface area contributed by atoms with Crippen LogP contribution in [0.4, 0.5) is 13.2 Å². The molecule has 2 rings (SSSR count). The van der Waals surface area contributed by atoms with Gasteiger partial charge in [0.15, 0.2) is 0 Å². The molecule has 0 fully saturated rings. The second-order valence-electron chi connectivity index (χ2n) is 4.71. The molecule has 2 aromatic carbocycles. The highest BCUT2D eigenvalue weighted by atomic mass is 19.4. The molecule has 0 saturated heterocycles. The van der Waals surface area contributed by atoms with Crippen LogP contribution in [0.2, 0.25) is 0 Å². The third kappa shape index (κ3) is 4.46. The maximum Gasteiger partial charge on any atom is 0.573 e. The van der Waals surface area contributed by atoms with Gasteiger partial charge in [-0.2, -0.15) is 0 Å². The lowest BCUT2D eigenvalue weighted by Gasteiger charge is -2.14. The minimum Gasteiger partial charge on any atom is -0.465 e. The molecule has 122 valence electrons. The fourth-order valence-corrected chi connectivity index (χ4v) is 2.01. The Kier molecular flexibility index (Phi) is 4.90. The molecule has 0 spiro atoms. The first kappa shape index (κ1) is 16.8. The van der Waals surface area contributed by atoms with Crippen LogP contribution >= 0.6 is 0 Å². The van der Waals surface area contributed by atoms with Crippen LogP contribution in [0, 0.1) is 0 Å². The molecule has 23 heavy (non-hydrogen) atoms. The van der Waals surface area contributed by atoms with E-state index in [1.54, 1.807) is 24.3 Å². The first-order valence-electron chi connectivity index (χ1n) is 6.60. The number of ether oxygens (including phenoxy) is 2. The number of esters is 1. The normalized spacial score (nSPS) is 12.6. The summed E-state index contributed by atoms with van der Waals surface area (Å²) in [6.45, 7) is 0. The van der Waals surface area contributed by atoms with E-state index in [0.717, 1.165) is 0 Å². The van der Waals surface area contributed by atoms with Crippen LogP contribution in [0.1, 0.15) is 27.5 Å². The first-order valence-corrected chi connectivity index (χ1v) is 6.60. The SMILES string of the molecule is COC(=O)c1ccc([C@H](N)c2ccc(OC(F)(F)F)cc2)cc1. The van der Waals surface area contributed by atoms with E-state index in [9.17, 15) is 18.0 Å². The van der Waals surface area contributed by atoms with Crippen LogP contribution in [0.15, 0.2) is 48.5 Å². The van der Waals surface area contributed by atoms with Crippen molar-refractivity contribution >= 4 is 5.97 Å². The molecule has 2 N–H and O–H groups in total. The summed E-state index contributed by atoms with van der Waals surface area (Å²) in [7, 11) is 1.28. The molecule has 0 aliphatic carbocycles. The van der Waals surface area contributed by atoms with Crippen molar-refractivity contribution in [3.05, 3.63) is 65.2 Å². The third-order valence-electron chi connectivity index (χ3n) is 3.16. The second-order valence-corrected chi connectivity index (χ2v) is 4.71. The molecule has 0 aromatic heterocycles. The van der Waals surface area contributed by atoms with E-state index < -0.39 is 18.4 Å². The Morgan fingerprint density at radius 1 is 1.00 bits per heavy atom. The highest BCUT2D eigenvalue weighted by molar-refractivity contribution is 5.89. The zero-order chi connectivity index (χ0) is 17.0. The number of alkyl halides is 3. The molecule has 0 heterocycles. The Balaban J connectivity index is 2.13. The maximum absolute atomic E-state index is 12.1. The van der Waals surface area contributed by atoms with Crippen molar-refractivity contribution in [2.24, 2.45) is 5.73 Å². The van der Waals surface area contributed by atoms with Gasteiger partial charge in [0, 0.05) is 0 Å². The summed E-state index contributed by atoms with van der Waals surface area (Å²) in [6.07, 6.45) is -4.73. The van der Waals surface area contributed by atoms with Crippen LogP contribution in [-0.2, 0) is 4.74 Å².